The molecule has 1 amide bonds. The van der Waals surface area contributed by atoms with E-state index in [4.69, 9.17) is 0 Å². The Labute approximate surface area is 173 Å². The second-order valence-electron chi connectivity index (χ2n) is 8.53. The van der Waals surface area contributed by atoms with Gasteiger partial charge in [-0.25, -0.2) is 0 Å². The normalized spacial score (nSPS) is 23.1. The summed E-state index contributed by atoms with van der Waals surface area (Å²) in [7, 11) is -0.790. The molecule has 4 nitrogen and oxygen atoms in total. The molecule has 0 spiro atoms. The summed E-state index contributed by atoms with van der Waals surface area (Å²) >= 11 is 0. The molecule has 1 saturated heterocycles. The van der Waals surface area contributed by atoms with E-state index in [-0.39, 0.29) is 17.4 Å². The predicted octanol–water partition coefficient (Wildman–Crippen LogP) is 4.20. The average Bonchev–Trinajstić information content (AvgIpc) is 3.28. The Hall–Kier alpha value is -2.40. The molecule has 2 unspecified atom stereocenters. The third kappa shape index (κ3) is 3.21. The number of aryl methyl sites for hydroxylation is 1. The number of carbonyl (C=O) groups is 1. The smallest absolute Gasteiger partial charge is 0.251 e. The maximum Gasteiger partial charge on any atom is 0.251 e. The van der Waals surface area contributed by atoms with Crippen LogP contribution in [0.2, 0.25) is 0 Å². The summed E-state index contributed by atoms with van der Waals surface area (Å²) in [4.78, 5) is 16.1. The van der Waals surface area contributed by atoms with E-state index in [0.29, 0.717) is 17.1 Å². The van der Waals surface area contributed by atoms with Crippen LogP contribution in [-0.2, 0) is 16.2 Å². The summed E-state index contributed by atoms with van der Waals surface area (Å²) in [6, 6.07) is 14.9. The molecule has 1 aliphatic heterocycles. The van der Waals surface area contributed by atoms with Crippen LogP contribution in [0.1, 0.15) is 52.7 Å². The minimum Gasteiger partial charge on any atom is -0.361 e. The van der Waals surface area contributed by atoms with Crippen molar-refractivity contribution in [2.45, 2.75) is 44.1 Å². The van der Waals surface area contributed by atoms with Crippen LogP contribution >= 0.6 is 0 Å². The maximum atomic E-state index is 12.7. The van der Waals surface area contributed by atoms with Crippen molar-refractivity contribution in [3.8, 4) is 0 Å². The van der Waals surface area contributed by atoms with Gasteiger partial charge in [0.15, 0.2) is 0 Å². The summed E-state index contributed by atoms with van der Waals surface area (Å²) < 4.78 is 11.6. The first-order valence-electron chi connectivity index (χ1n) is 10.4. The number of H-pyrrole nitrogens is 1. The highest BCUT2D eigenvalue weighted by atomic mass is 32.2. The Bertz CT molecular complexity index is 1100. The number of hydrogen-bond donors (Lipinski definition) is 2. The molecule has 1 saturated carbocycles. The van der Waals surface area contributed by atoms with Crippen LogP contribution < -0.4 is 5.32 Å². The lowest BCUT2D eigenvalue weighted by molar-refractivity contribution is 0.0941. The van der Waals surface area contributed by atoms with Crippen LogP contribution in [0.5, 0.6) is 0 Å². The van der Waals surface area contributed by atoms with Crippen molar-refractivity contribution in [2.75, 3.05) is 11.5 Å². The zero-order valence-corrected chi connectivity index (χ0v) is 17.5. The number of nitrogens with one attached hydrogen (secondary N) is 2. The summed E-state index contributed by atoms with van der Waals surface area (Å²) in [6.07, 6.45) is 6.48. The highest BCUT2D eigenvalue weighted by molar-refractivity contribution is 7.85. The summed E-state index contributed by atoms with van der Waals surface area (Å²) in [6.45, 7) is 2.12. The van der Waals surface area contributed by atoms with E-state index in [9.17, 15) is 9.00 Å². The standard InChI is InChI=1S/C24H26N2O2S/c1-16-3-6-18(7-4-16)24(10-2-11-24)21-14-25-22-13-17(5-8-20(21)22)23(27)26-19-9-12-29(28)15-19/h3-8,13-14,19,25H,2,9-12,15H2,1H3,(H,26,27). The number of aromatic nitrogens is 1. The Morgan fingerprint density at radius 2 is 1.97 bits per heavy atom. The highest BCUT2D eigenvalue weighted by Gasteiger charge is 2.41. The molecule has 3 aromatic rings. The topological polar surface area (TPSA) is 62.0 Å². The molecule has 5 rings (SSSR count). The van der Waals surface area contributed by atoms with Gasteiger partial charge in [-0.1, -0.05) is 42.3 Å². The van der Waals surface area contributed by atoms with Crippen molar-refractivity contribution in [1.29, 1.82) is 0 Å². The molecule has 150 valence electrons. The van der Waals surface area contributed by atoms with Gasteiger partial charge in [0.25, 0.3) is 5.91 Å². The molecule has 5 heteroatoms. The summed E-state index contributed by atoms with van der Waals surface area (Å²) in [5.74, 6) is 1.17. The van der Waals surface area contributed by atoms with Crippen LogP contribution in [0.4, 0.5) is 0 Å². The predicted molar refractivity (Wildman–Crippen MR) is 118 cm³/mol. The second kappa shape index (κ2) is 7.13. The lowest BCUT2D eigenvalue weighted by Crippen LogP contribution is -2.35. The molecular formula is C24H26N2O2S. The molecule has 0 radical (unpaired) electrons. The van der Waals surface area contributed by atoms with Crippen LogP contribution in [-0.4, -0.2) is 32.6 Å². The molecule has 2 N–H and O–H groups in total. The SMILES string of the molecule is Cc1ccc(C2(c3c[nH]c4cc(C(=O)NC5CCS(=O)C5)ccc34)CCC2)cc1. The number of aromatic amines is 1. The molecule has 2 aliphatic rings. The number of fused-ring (bicyclic) bond motifs is 1. The molecule has 1 aliphatic carbocycles. The lowest BCUT2D eigenvalue weighted by atomic mass is 9.60. The van der Waals surface area contributed by atoms with Gasteiger partial charge in [0.05, 0.1) is 0 Å². The van der Waals surface area contributed by atoms with Gasteiger partial charge in [-0.2, -0.15) is 0 Å². The van der Waals surface area contributed by atoms with E-state index >= 15 is 0 Å². The molecule has 1 aromatic heterocycles. The van der Waals surface area contributed by atoms with E-state index < -0.39 is 10.8 Å². The molecular weight excluding hydrogens is 380 g/mol. The van der Waals surface area contributed by atoms with E-state index in [2.05, 4.69) is 53.8 Å². The molecule has 29 heavy (non-hydrogen) atoms. The number of rotatable bonds is 4. The van der Waals surface area contributed by atoms with Crippen molar-refractivity contribution in [3.63, 3.8) is 0 Å². The Balaban J connectivity index is 1.45. The first kappa shape index (κ1) is 18.6. The van der Waals surface area contributed by atoms with E-state index in [1.807, 2.05) is 12.1 Å². The third-order valence-corrected chi connectivity index (χ3v) is 8.15. The second-order valence-corrected chi connectivity index (χ2v) is 10.2. The van der Waals surface area contributed by atoms with Crippen molar-refractivity contribution < 1.29 is 9.00 Å². The van der Waals surface area contributed by atoms with Crippen LogP contribution in [0.15, 0.2) is 48.7 Å². The molecule has 2 atom stereocenters. The monoisotopic (exact) mass is 406 g/mol. The van der Waals surface area contributed by atoms with E-state index in [1.54, 1.807) is 0 Å². The van der Waals surface area contributed by atoms with E-state index in [1.165, 1.54) is 28.5 Å². The van der Waals surface area contributed by atoms with Gasteiger partial charge in [-0.15, -0.1) is 0 Å². The number of amides is 1. The largest absolute Gasteiger partial charge is 0.361 e. The van der Waals surface area contributed by atoms with Crippen LogP contribution in [0, 0.1) is 6.92 Å². The van der Waals surface area contributed by atoms with Gasteiger partial charge in [0.1, 0.15) is 0 Å². The molecule has 2 fully saturated rings. The van der Waals surface area contributed by atoms with Crippen molar-refractivity contribution >= 4 is 27.6 Å². The van der Waals surface area contributed by atoms with Gasteiger partial charge < -0.3 is 10.3 Å². The first-order valence-corrected chi connectivity index (χ1v) is 11.9. The van der Waals surface area contributed by atoms with Crippen molar-refractivity contribution in [2.24, 2.45) is 0 Å². The lowest BCUT2D eigenvalue weighted by Gasteiger charge is -2.42. The fourth-order valence-electron chi connectivity index (χ4n) is 4.83. The maximum absolute atomic E-state index is 12.7. The number of carbonyl (C=O) groups excluding carboxylic acids is 1. The minimum atomic E-state index is -0.790. The van der Waals surface area contributed by atoms with Crippen LogP contribution in [0.25, 0.3) is 10.9 Å². The van der Waals surface area contributed by atoms with Crippen molar-refractivity contribution in [3.05, 3.63) is 70.9 Å². The first-order chi connectivity index (χ1) is 14.0. The van der Waals surface area contributed by atoms with Crippen molar-refractivity contribution in [1.82, 2.24) is 10.3 Å². The van der Waals surface area contributed by atoms with Gasteiger partial charge in [0.2, 0.25) is 0 Å². The van der Waals surface area contributed by atoms with Crippen LogP contribution in [0.3, 0.4) is 0 Å². The highest BCUT2D eigenvalue weighted by Crippen LogP contribution is 2.51. The Kier molecular flexibility index (Phi) is 4.58. The van der Waals surface area contributed by atoms with Gasteiger partial charge in [-0.3, -0.25) is 9.00 Å². The zero-order chi connectivity index (χ0) is 20.0. The molecule has 0 bridgehead atoms. The average molecular weight is 407 g/mol. The number of benzene rings is 2. The fourth-order valence-corrected chi connectivity index (χ4v) is 6.24. The molecule has 2 aromatic carbocycles. The Morgan fingerprint density at radius 1 is 1.17 bits per heavy atom. The van der Waals surface area contributed by atoms with Gasteiger partial charge in [0, 0.05) is 56.4 Å². The molecule has 2 heterocycles. The third-order valence-electron chi connectivity index (χ3n) is 6.69. The fraction of sp³-hybridized carbons (Fsp3) is 0.375. The van der Waals surface area contributed by atoms with Gasteiger partial charge >= 0.3 is 0 Å². The quantitative estimate of drug-likeness (QED) is 0.682. The zero-order valence-electron chi connectivity index (χ0n) is 16.7. The van der Waals surface area contributed by atoms with E-state index in [0.717, 1.165) is 24.8 Å². The Morgan fingerprint density at radius 3 is 2.62 bits per heavy atom. The van der Waals surface area contributed by atoms with Gasteiger partial charge in [-0.05, 0) is 49.4 Å². The minimum absolute atomic E-state index is 0.0259. The summed E-state index contributed by atoms with van der Waals surface area (Å²) in [5, 5.41) is 4.23. The number of hydrogen-bond acceptors (Lipinski definition) is 2. The summed E-state index contributed by atoms with van der Waals surface area (Å²) in [5.41, 5.74) is 5.72.